The Balaban J connectivity index is 2.41. The zero-order chi connectivity index (χ0) is 33.6. The minimum Gasteiger partial charge on any atom is -0.390 e. The Labute approximate surface area is 267 Å². The van der Waals surface area contributed by atoms with Crippen LogP contribution in [0.3, 0.4) is 0 Å². The van der Waals surface area contributed by atoms with Crippen LogP contribution in [0.5, 0.6) is 0 Å². The van der Waals surface area contributed by atoms with Crippen molar-refractivity contribution in [1.82, 2.24) is 20.9 Å². The van der Waals surface area contributed by atoms with Gasteiger partial charge in [-0.1, -0.05) is 83.9 Å². The summed E-state index contributed by atoms with van der Waals surface area (Å²) in [5, 5.41) is 29.7. The predicted octanol–water partition coefficient (Wildman–Crippen LogP) is 2.42. The van der Waals surface area contributed by atoms with Crippen LogP contribution in [-0.4, -0.2) is 83.2 Å². The van der Waals surface area contributed by atoms with E-state index in [0.29, 0.717) is 32.2 Å². The van der Waals surface area contributed by atoms with Crippen LogP contribution in [0.4, 0.5) is 0 Å². The van der Waals surface area contributed by atoms with E-state index in [1.165, 1.54) is 19.2 Å². The molecule has 0 aliphatic heterocycles. The predicted molar refractivity (Wildman–Crippen MR) is 174 cm³/mol. The highest BCUT2D eigenvalue weighted by Gasteiger charge is 2.38. The van der Waals surface area contributed by atoms with Crippen LogP contribution in [0.2, 0.25) is 0 Å². The maximum absolute atomic E-state index is 13.9. The second-order valence-electron chi connectivity index (χ2n) is 12.0. The van der Waals surface area contributed by atoms with E-state index in [2.05, 4.69) is 20.9 Å². The van der Waals surface area contributed by atoms with E-state index in [4.69, 9.17) is 0 Å². The molecule has 1 aromatic heterocycles. The van der Waals surface area contributed by atoms with Crippen LogP contribution < -0.4 is 16.0 Å². The number of aliphatic hydroxyl groups excluding tert-OH is 2. The van der Waals surface area contributed by atoms with Gasteiger partial charge in [-0.05, 0) is 42.9 Å². The molecule has 2 rings (SSSR count). The highest BCUT2D eigenvalue weighted by molar-refractivity contribution is 7.92. The van der Waals surface area contributed by atoms with Crippen molar-refractivity contribution in [2.24, 2.45) is 11.8 Å². The first-order valence-electron chi connectivity index (χ1n) is 15.7. The summed E-state index contributed by atoms with van der Waals surface area (Å²) in [5.41, 5.74) is 0.725. The number of amides is 3. The first-order chi connectivity index (χ1) is 21.3. The summed E-state index contributed by atoms with van der Waals surface area (Å²) in [4.78, 5) is 43.6. The van der Waals surface area contributed by atoms with Crippen LogP contribution in [0.1, 0.15) is 76.4 Å². The third kappa shape index (κ3) is 12.2. The van der Waals surface area contributed by atoms with E-state index in [-0.39, 0.29) is 18.0 Å². The molecule has 2 aromatic rings. The summed E-state index contributed by atoms with van der Waals surface area (Å²) in [6.07, 6.45) is 0.396. The molecule has 1 aromatic carbocycles. The van der Waals surface area contributed by atoms with E-state index in [0.717, 1.165) is 5.56 Å². The zero-order valence-electron chi connectivity index (χ0n) is 27.0. The second-order valence-corrected chi connectivity index (χ2v) is 14.3. The van der Waals surface area contributed by atoms with Crippen LogP contribution in [0, 0.1) is 11.8 Å². The fourth-order valence-electron chi connectivity index (χ4n) is 4.99. The van der Waals surface area contributed by atoms with Crippen molar-refractivity contribution in [3.8, 4) is 0 Å². The van der Waals surface area contributed by atoms with Gasteiger partial charge in [0.1, 0.15) is 17.8 Å². The van der Waals surface area contributed by atoms with Gasteiger partial charge in [0.25, 0.3) is 5.91 Å². The van der Waals surface area contributed by atoms with Crippen LogP contribution in [0.15, 0.2) is 54.7 Å². The molecule has 45 heavy (non-hydrogen) atoms. The summed E-state index contributed by atoms with van der Waals surface area (Å²) in [6, 6.07) is 10.9. The van der Waals surface area contributed by atoms with Crippen LogP contribution in [-0.2, 0) is 25.8 Å². The smallest absolute Gasteiger partial charge is 0.270 e. The average Bonchev–Trinajstić information content (AvgIpc) is 3.02. The van der Waals surface area contributed by atoms with Crippen molar-refractivity contribution < 1.29 is 33.0 Å². The lowest BCUT2D eigenvalue weighted by atomic mass is 9.90. The van der Waals surface area contributed by atoms with Gasteiger partial charge in [0, 0.05) is 12.7 Å². The Hall–Kier alpha value is -3.35. The standard InChI is InChI=1S/C33H50N4O7S/c1-6-13-25(14-7-2)45(43,44)21-28(37-32(41)26-17-11-12-18-34-26)33(42)36-27(19-24-15-9-8-10-16-24)30(39)29(38)23(5)31(40)35-20-22(3)4/h8-12,15-18,22-23,25,27-30,38-39H,6-7,13-14,19-21H2,1-5H3,(H,35,40)(H,36,42)(H,37,41)/t23-,27+,28?,29-,30-/m1/s1. The highest BCUT2D eigenvalue weighted by atomic mass is 32.2. The van der Waals surface area contributed by atoms with Crippen LogP contribution in [0.25, 0.3) is 0 Å². The number of pyridine rings is 1. The van der Waals surface area contributed by atoms with Crippen molar-refractivity contribution in [2.75, 3.05) is 12.3 Å². The van der Waals surface area contributed by atoms with Crippen molar-refractivity contribution >= 4 is 27.6 Å². The van der Waals surface area contributed by atoms with Crippen molar-refractivity contribution in [1.29, 1.82) is 0 Å². The third-order valence-corrected chi connectivity index (χ3v) is 9.93. The molecule has 1 unspecified atom stereocenters. The molecule has 0 saturated heterocycles. The van der Waals surface area contributed by atoms with Gasteiger partial charge in [-0.25, -0.2) is 8.42 Å². The molecule has 0 saturated carbocycles. The molecule has 0 spiro atoms. The quantitative estimate of drug-likeness (QED) is 0.155. The topological polar surface area (TPSA) is 175 Å². The monoisotopic (exact) mass is 646 g/mol. The lowest BCUT2D eigenvalue weighted by Gasteiger charge is -2.32. The number of aromatic nitrogens is 1. The molecule has 1 heterocycles. The summed E-state index contributed by atoms with van der Waals surface area (Å²) in [6.45, 7) is 9.50. The normalized spacial score (nSPS) is 15.1. The molecule has 0 bridgehead atoms. The number of sulfone groups is 1. The Kier molecular flexibility index (Phi) is 15.6. The molecule has 5 atom stereocenters. The molecule has 0 aliphatic rings. The summed E-state index contributed by atoms with van der Waals surface area (Å²) in [7, 11) is -3.85. The average molecular weight is 647 g/mol. The Bertz CT molecular complexity index is 1300. The van der Waals surface area contributed by atoms with Crippen molar-refractivity contribution in [3.05, 3.63) is 66.0 Å². The molecule has 250 valence electrons. The first-order valence-corrected chi connectivity index (χ1v) is 17.4. The molecule has 12 heteroatoms. The number of carbonyl (C=O) groups excluding carboxylic acids is 3. The number of benzene rings is 1. The van der Waals surface area contributed by atoms with Crippen molar-refractivity contribution in [2.45, 2.75) is 96.3 Å². The second kappa shape index (κ2) is 18.6. The summed E-state index contributed by atoms with van der Waals surface area (Å²) >= 11 is 0. The van der Waals surface area contributed by atoms with Crippen LogP contribution >= 0.6 is 0 Å². The Morgan fingerprint density at radius 2 is 1.47 bits per heavy atom. The maximum Gasteiger partial charge on any atom is 0.270 e. The summed E-state index contributed by atoms with van der Waals surface area (Å²) in [5.74, 6) is -3.53. The lowest BCUT2D eigenvalue weighted by molar-refractivity contribution is -0.132. The maximum atomic E-state index is 13.9. The van der Waals surface area contributed by atoms with E-state index in [1.54, 1.807) is 42.5 Å². The van der Waals surface area contributed by atoms with Gasteiger partial charge in [-0.3, -0.25) is 19.4 Å². The molecule has 0 aliphatic carbocycles. The van der Waals surface area contributed by atoms with Gasteiger partial charge < -0.3 is 26.2 Å². The fourth-order valence-corrected chi connectivity index (χ4v) is 7.15. The minimum atomic E-state index is -3.85. The van der Waals surface area contributed by atoms with Crippen molar-refractivity contribution in [3.63, 3.8) is 0 Å². The SMILES string of the molecule is CCCC(CCC)S(=O)(=O)CC(NC(=O)c1ccccn1)C(=O)N[C@@H](Cc1ccccc1)[C@@H](O)[C@H](O)[C@@H](C)C(=O)NCC(C)C. The van der Waals surface area contributed by atoms with E-state index < -0.39 is 68.8 Å². The molecule has 0 radical (unpaired) electrons. The highest BCUT2D eigenvalue weighted by Crippen LogP contribution is 2.19. The molecule has 11 nitrogen and oxygen atoms in total. The number of hydrogen-bond acceptors (Lipinski definition) is 8. The van der Waals surface area contributed by atoms with Gasteiger partial charge in [0.05, 0.1) is 29.1 Å². The van der Waals surface area contributed by atoms with Gasteiger partial charge in [0.2, 0.25) is 11.8 Å². The number of nitrogens with one attached hydrogen (secondary N) is 3. The Morgan fingerprint density at radius 3 is 2.02 bits per heavy atom. The molecule has 3 amide bonds. The number of aliphatic hydroxyl groups is 2. The number of carbonyl (C=O) groups is 3. The van der Waals surface area contributed by atoms with Gasteiger partial charge in [-0.2, -0.15) is 0 Å². The number of rotatable bonds is 19. The molecule has 5 N–H and O–H groups in total. The lowest BCUT2D eigenvalue weighted by Crippen LogP contribution is -2.58. The molecular formula is C33H50N4O7S. The van der Waals surface area contributed by atoms with E-state index >= 15 is 0 Å². The molecule has 0 fully saturated rings. The summed E-state index contributed by atoms with van der Waals surface area (Å²) < 4.78 is 27.1. The van der Waals surface area contributed by atoms with E-state index in [1.807, 2.05) is 27.7 Å². The minimum absolute atomic E-state index is 0.00360. The Morgan fingerprint density at radius 1 is 0.844 bits per heavy atom. The number of hydrogen-bond donors (Lipinski definition) is 5. The third-order valence-electron chi connectivity index (χ3n) is 7.65. The zero-order valence-corrected chi connectivity index (χ0v) is 27.8. The largest absolute Gasteiger partial charge is 0.390 e. The first kappa shape index (κ1) is 37.8. The molecular weight excluding hydrogens is 596 g/mol. The van der Waals surface area contributed by atoms with Gasteiger partial charge in [0.15, 0.2) is 9.84 Å². The fraction of sp³-hybridized carbons (Fsp3) is 0.576. The van der Waals surface area contributed by atoms with Gasteiger partial charge >= 0.3 is 0 Å². The van der Waals surface area contributed by atoms with E-state index in [9.17, 15) is 33.0 Å². The number of nitrogens with zero attached hydrogens (tertiary/aromatic N) is 1. The van der Waals surface area contributed by atoms with Gasteiger partial charge in [-0.15, -0.1) is 0 Å².